The number of thiocarbonyl (C=S) groups is 1. The molecule has 0 radical (unpaired) electrons. The van der Waals surface area contributed by atoms with E-state index in [1.165, 1.54) is 12.1 Å². The second-order valence-electron chi connectivity index (χ2n) is 3.82. The minimum Gasteiger partial charge on any atom is -0.392 e. The first-order chi connectivity index (χ1) is 8.47. The average Bonchev–Trinajstić information content (AvgIpc) is 2.31. The number of carbonyl (C=O) groups excluding carboxylic acids is 1. The van der Waals surface area contributed by atoms with Gasteiger partial charge in [-0.3, -0.25) is 4.79 Å². The Morgan fingerprint density at radius 3 is 2.83 bits per heavy atom. The molecule has 18 heavy (non-hydrogen) atoms. The molecular formula is C12H14BrFN2OS. The van der Waals surface area contributed by atoms with Gasteiger partial charge in [-0.2, -0.15) is 0 Å². The summed E-state index contributed by atoms with van der Waals surface area (Å²) in [5, 5.41) is 2.64. The third-order valence-corrected chi connectivity index (χ3v) is 3.32. The number of hydrogen-bond donors (Lipinski definition) is 2. The molecule has 3 nitrogen and oxygen atoms in total. The average molecular weight is 333 g/mol. The van der Waals surface area contributed by atoms with Crippen LogP contribution < -0.4 is 11.1 Å². The lowest BCUT2D eigenvalue weighted by molar-refractivity contribution is 0.0941. The van der Waals surface area contributed by atoms with Crippen molar-refractivity contribution >= 4 is 39.0 Å². The summed E-state index contributed by atoms with van der Waals surface area (Å²) in [5.41, 5.74) is 5.50. The van der Waals surface area contributed by atoms with Crippen LogP contribution in [0.1, 0.15) is 30.1 Å². The number of halogens is 2. The predicted molar refractivity (Wildman–Crippen MR) is 77.0 cm³/mol. The van der Waals surface area contributed by atoms with Gasteiger partial charge in [-0.25, -0.2) is 4.39 Å². The maximum Gasteiger partial charge on any atom is 0.254 e. The van der Waals surface area contributed by atoms with Gasteiger partial charge in [0.2, 0.25) is 0 Å². The zero-order chi connectivity index (χ0) is 13.7. The molecule has 6 heteroatoms. The maximum atomic E-state index is 13.7. The van der Waals surface area contributed by atoms with Crippen LogP contribution in [0, 0.1) is 5.82 Å². The summed E-state index contributed by atoms with van der Waals surface area (Å²) in [6, 6.07) is 4.13. The van der Waals surface area contributed by atoms with Gasteiger partial charge in [0.15, 0.2) is 0 Å². The van der Waals surface area contributed by atoms with Crippen molar-refractivity contribution in [3.05, 3.63) is 34.1 Å². The van der Waals surface area contributed by atoms with Gasteiger partial charge in [0.05, 0.1) is 21.1 Å². The highest BCUT2D eigenvalue weighted by molar-refractivity contribution is 9.10. The summed E-state index contributed by atoms with van der Waals surface area (Å²) >= 11 is 7.90. The fraction of sp³-hybridized carbons (Fsp3) is 0.333. The summed E-state index contributed by atoms with van der Waals surface area (Å²) < 4.78 is 14.0. The lowest BCUT2D eigenvalue weighted by Gasteiger charge is -2.16. The van der Waals surface area contributed by atoms with E-state index >= 15 is 0 Å². The van der Waals surface area contributed by atoms with E-state index in [1.54, 1.807) is 6.07 Å². The summed E-state index contributed by atoms with van der Waals surface area (Å²) in [4.78, 5) is 12.1. The number of nitrogens with one attached hydrogen (secondary N) is 1. The first-order valence-electron chi connectivity index (χ1n) is 5.51. The minimum atomic E-state index is -0.590. The minimum absolute atomic E-state index is 0.0262. The zero-order valence-electron chi connectivity index (χ0n) is 9.87. The second kappa shape index (κ2) is 6.80. The van der Waals surface area contributed by atoms with Crippen LogP contribution in [-0.2, 0) is 0 Å². The molecule has 0 saturated carbocycles. The third kappa shape index (κ3) is 3.74. The second-order valence-corrected chi connectivity index (χ2v) is 5.14. The molecule has 0 aliphatic rings. The lowest BCUT2D eigenvalue weighted by atomic mass is 10.1. The molecule has 0 fully saturated rings. The summed E-state index contributed by atoms with van der Waals surface area (Å²) in [5.74, 6) is -1.10. The number of hydrogen-bond acceptors (Lipinski definition) is 2. The molecule has 0 heterocycles. The summed E-state index contributed by atoms with van der Waals surface area (Å²) in [7, 11) is 0. The molecule has 0 aromatic heterocycles. The van der Waals surface area contributed by atoms with Crippen LogP contribution in [0.2, 0.25) is 0 Å². The first-order valence-corrected chi connectivity index (χ1v) is 6.71. The number of carbonyl (C=O) groups is 1. The van der Waals surface area contributed by atoms with Crippen LogP contribution in [0.25, 0.3) is 0 Å². The Balaban J connectivity index is 2.87. The van der Waals surface area contributed by atoms with Gasteiger partial charge in [0.1, 0.15) is 5.82 Å². The molecule has 1 unspecified atom stereocenters. The van der Waals surface area contributed by atoms with Crippen molar-refractivity contribution in [1.82, 2.24) is 5.32 Å². The molecule has 0 aliphatic carbocycles. The van der Waals surface area contributed by atoms with E-state index in [4.69, 9.17) is 18.0 Å². The highest BCUT2D eigenvalue weighted by atomic mass is 79.9. The fourth-order valence-electron chi connectivity index (χ4n) is 1.49. The molecule has 1 atom stereocenters. The Morgan fingerprint density at radius 1 is 1.61 bits per heavy atom. The van der Waals surface area contributed by atoms with Crippen molar-refractivity contribution in [1.29, 1.82) is 0 Å². The predicted octanol–water partition coefficient (Wildman–Crippen LogP) is 2.77. The molecule has 0 bridgehead atoms. The van der Waals surface area contributed by atoms with Crippen LogP contribution in [0.3, 0.4) is 0 Å². The van der Waals surface area contributed by atoms with Crippen molar-refractivity contribution in [3.8, 4) is 0 Å². The van der Waals surface area contributed by atoms with E-state index in [-0.39, 0.29) is 15.0 Å². The van der Waals surface area contributed by atoms with Crippen molar-refractivity contribution in [2.24, 2.45) is 5.73 Å². The van der Waals surface area contributed by atoms with E-state index in [1.807, 2.05) is 6.92 Å². The lowest BCUT2D eigenvalue weighted by Crippen LogP contribution is -2.43. The van der Waals surface area contributed by atoms with Crippen molar-refractivity contribution in [2.75, 3.05) is 0 Å². The van der Waals surface area contributed by atoms with Crippen LogP contribution in [0.4, 0.5) is 4.39 Å². The maximum absolute atomic E-state index is 13.7. The van der Waals surface area contributed by atoms with Gasteiger partial charge in [-0.1, -0.05) is 31.6 Å². The number of amides is 1. The van der Waals surface area contributed by atoms with Gasteiger partial charge in [0, 0.05) is 0 Å². The Kier molecular flexibility index (Phi) is 5.68. The van der Waals surface area contributed by atoms with Gasteiger partial charge in [-0.05, 0) is 34.5 Å². The normalized spacial score (nSPS) is 11.9. The van der Waals surface area contributed by atoms with E-state index in [0.717, 1.165) is 6.42 Å². The Bertz CT molecular complexity index is 467. The molecule has 1 rings (SSSR count). The fourth-order valence-corrected chi connectivity index (χ4v) is 2.03. The Labute approximate surface area is 119 Å². The Morgan fingerprint density at radius 2 is 2.28 bits per heavy atom. The Hall–Kier alpha value is -1.01. The molecule has 1 aromatic carbocycles. The molecule has 1 amide bonds. The molecule has 1 aromatic rings. The molecule has 3 N–H and O–H groups in total. The van der Waals surface area contributed by atoms with Gasteiger partial charge < -0.3 is 11.1 Å². The first kappa shape index (κ1) is 15.0. The topological polar surface area (TPSA) is 55.1 Å². The SMILES string of the molecule is CCCC(NC(=O)c1cccc(Br)c1F)C(N)=S. The quantitative estimate of drug-likeness (QED) is 0.815. The van der Waals surface area contributed by atoms with E-state index < -0.39 is 17.8 Å². The molecule has 0 spiro atoms. The van der Waals surface area contributed by atoms with Gasteiger partial charge in [-0.15, -0.1) is 0 Å². The monoisotopic (exact) mass is 332 g/mol. The number of benzene rings is 1. The van der Waals surface area contributed by atoms with Crippen LogP contribution in [0.5, 0.6) is 0 Å². The molecule has 0 saturated heterocycles. The van der Waals surface area contributed by atoms with E-state index in [9.17, 15) is 9.18 Å². The van der Waals surface area contributed by atoms with Gasteiger partial charge >= 0.3 is 0 Å². The van der Waals surface area contributed by atoms with Crippen molar-refractivity contribution in [2.45, 2.75) is 25.8 Å². The zero-order valence-corrected chi connectivity index (χ0v) is 12.3. The number of nitrogens with two attached hydrogens (primary N) is 1. The van der Waals surface area contributed by atoms with E-state index in [0.29, 0.717) is 6.42 Å². The molecule has 0 aliphatic heterocycles. The van der Waals surface area contributed by atoms with E-state index in [2.05, 4.69) is 21.2 Å². The number of rotatable bonds is 5. The standard InChI is InChI=1S/C12H14BrFN2OS/c1-2-4-9(11(15)18)16-12(17)7-5-3-6-8(13)10(7)14/h3,5-6,9H,2,4H2,1H3,(H2,15,18)(H,16,17). The smallest absolute Gasteiger partial charge is 0.254 e. The largest absolute Gasteiger partial charge is 0.392 e. The van der Waals surface area contributed by atoms with Crippen LogP contribution in [-0.4, -0.2) is 16.9 Å². The molecular weight excluding hydrogens is 319 g/mol. The van der Waals surface area contributed by atoms with Crippen molar-refractivity contribution in [3.63, 3.8) is 0 Å². The van der Waals surface area contributed by atoms with Crippen LogP contribution in [0.15, 0.2) is 22.7 Å². The third-order valence-electron chi connectivity index (χ3n) is 2.42. The summed E-state index contributed by atoms with van der Waals surface area (Å²) in [6.45, 7) is 1.96. The molecule has 98 valence electrons. The van der Waals surface area contributed by atoms with Crippen molar-refractivity contribution < 1.29 is 9.18 Å². The van der Waals surface area contributed by atoms with Crippen LogP contribution >= 0.6 is 28.1 Å². The highest BCUT2D eigenvalue weighted by Crippen LogP contribution is 2.18. The highest BCUT2D eigenvalue weighted by Gasteiger charge is 2.18. The van der Waals surface area contributed by atoms with Gasteiger partial charge in [0.25, 0.3) is 5.91 Å². The summed E-state index contributed by atoms with van der Waals surface area (Å²) in [6.07, 6.45) is 1.46.